The van der Waals surface area contributed by atoms with Gasteiger partial charge in [-0.05, 0) is 50.1 Å². The Hall–Kier alpha value is -3.94. The van der Waals surface area contributed by atoms with Gasteiger partial charge in [0.15, 0.2) is 0 Å². The molecule has 0 saturated heterocycles. The van der Waals surface area contributed by atoms with E-state index < -0.39 is 5.69 Å². The van der Waals surface area contributed by atoms with Crippen molar-refractivity contribution in [2.24, 2.45) is 0 Å². The Morgan fingerprint density at radius 1 is 1.07 bits per heavy atom. The van der Waals surface area contributed by atoms with Crippen molar-refractivity contribution in [2.45, 2.75) is 27.3 Å². The standard InChI is InChI=1S/C22H21N5O3/c1-14-5-8-17(9-6-14)30-21-20-25-27(22(29)26(20)11-10-23-21)13-19(28)24-18-12-15(2)4-7-16(18)3/h4-12H,13H2,1-3H3,(H,24,28). The lowest BCUT2D eigenvalue weighted by molar-refractivity contribution is -0.117. The zero-order valence-corrected chi connectivity index (χ0v) is 16.9. The molecule has 1 N–H and O–H groups in total. The van der Waals surface area contributed by atoms with Gasteiger partial charge in [0.1, 0.15) is 12.3 Å². The van der Waals surface area contributed by atoms with Gasteiger partial charge >= 0.3 is 5.69 Å². The van der Waals surface area contributed by atoms with Gasteiger partial charge in [-0.25, -0.2) is 18.9 Å². The molecule has 2 aromatic heterocycles. The summed E-state index contributed by atoms with van der Waals surface area (Å²) in [6, 6.07) is 13.2. The third-order valence-electron chi connectivity index (χ3n) is 4.67. The van der Waals surface area contributed by atoms with Crippen LogP contribution in [0.15, 0.2) is 59.7 Å². The lowest BCUT2D eigenvalue weighted by Crippen LogP contribution is -2.28. The normalized spacial score (nSPS) is 10.9. The summed E-state index contributed by atoms with van der Waals surface area (Å²) in [6.07, 6.45) is 2.95. The molecule has 0 spiro atoms. The molecule has 0 aliphatic rings. The molecule has 0 saturated carbocycles. The number of amides is 1. The quantitative estimate of drug-likeness (QED) is 0.552. The molecule has 0 bridgehead atoms. The fourth-order valence-corrected chi connectivity index (χ4v) is 3.02. The fraction of sp³-hybridized carbons (Fsp3) is 0.182. The Kier molecular flexibility index (Phi) is 5.05. The van der Waals surface area contributed by atoms with Gasteiger partial charge in [0.2, 0.25) is 11.6 Å². The molecule has 4 aromatic rings. The van der Waals surface area contributed by atoms with E-state index in [1.54, 1.807) is 0 Å². The maximum Gasteiger partial charge on any atom is 0.351 e. The molecule has 0 fully saturated rings. The van der Waals surface area contributed by atoms with E-state index in [2.05, 4.69) is 15.4 Å². The van der Waals surface area contributed by atoms with Gasteiger partial charge in [0.25, 0.3) is 5.88 Å². The molecule has 0 aliphatic carbocycles. The van der Waals surface area contributed by atoms with Crippen LogP contribution < -0.4 is 15.7 Å². The lowest BCUT2D eigenvalue weighted by Gasteiger charge is -2.09. The monoisotopic (exact) mass is 403 g/mol. The highest BCUT2D eigenvalue weighted by molar-refractivity contribution is 5.91. The SMILES string of the molecule is Cc1ccc(Oc2nccn3c(=O)n(CC(=O)Nc4cc(C)ccc4C)nc23)cc1. The summed E-state index contributed by atoms with van der Waals surface area (Å²) >= 11 is 0. The van der Waals surface area contributed by atoms with Crippen molar-refractivity contribution in [1.82, 2.24) is 19.2 Å². The second-order valence-electron chi connectivity index (χ2n) is 7.15. The number of hydrogen-bond donors (Lipinski definition) is 1. The van der Waals surface area contributed by atoms with Gasteiger partial charge in [-0.15, -0.1) is 5.10 Å². The number of anilines is 1. The van der Waals surface area contributed by atoms with Crippen LogP contribution in [0.25, 0.3) is 5.65 Å². The second-order valence-corrected chi connectivity index (χ2v) is 7.15. The maximum atomic E-state index is 12.7. The smallest absolute Gasteiger partial charge is 0.351 e. The molecule has 0 aliphatic heterocycles. The predicted octanol–water partition coefficient (Wildman–Crippen LogP) is 3.25. The molecule has 1 amide bonds. The van der Waals surface area contributed by atoms with Crippen LogP contribution in [0.1, 0.15) is 16.7 Å². The van der Waals surface area contributed by atoms with Crippen LogP contribution in [0.3, 0.4) is 0 Å². The first-order chi connectivity index (χ1) is 14.4. The third kappa shape index (κ3) is 3.93. The van der Waals surface area contributed by atoms with Crippen LogP contribution in [0.4, 0.5) is 5.69 Å². The molecule has 0 radical (unpaired) electrons. The number of nitrogens with zero attached hydrogens (tertiary/aromatic N) is 4. The number of aromatic nitrogens is 4. The predicted molar refractivity (Wildman–Crippen MR) is 113 cm³/mol. The van der Waals surface area contributed by atoms with E-state index in [0.717, 1.165) is 21.4 Å². The minimum absolute atomic E-state index is 0.187. The van der Waals surface area contributed by atoms with E-state index in [-0.39, 0.29) is 24.0 Å². The topological polar surface area (TPSA) is 90.5 Å². The van der Waals surface area contributed by atoms with Crippen LogP contribution in [0.5, 0.6) is 11.6 Å². The summed E-state index contributed by atoms with van der Waals surface area (Å²) < 4.78 is 8.20. The zero-order valence-electron chi connectivity index (χ0n) is 16.9. The van der Waals surface area contributed by atoms with E-state index in [1.165, 1.54) is 16.8 Å². The van der Waals surface area contributed by atoms with Gasteiger partial charge in [-0.3, -0.25) is 4.79 Å². The van der Waals surface area contributed by atoms with Gasteiger partial charge in [0, 0.05) is 18.1 Å². The number of nitrogens with one attached hydrogen (secondary N) is 1. The summed E-state index contributed by atoms with van der Waals surface area (Å²) in [4.78, 5) is 29.4. The highest BCUT2D eigenvalue weighted by Gasteiger charge is 2.16. The highest BCUT2D eigenvalue weighted by atomic mass is 16.5. The average Bonchev–Trinajstić information content (AvgIpc) is 3.03. The van der Waals surface area contributed by atoms with Gasteiger partial charge < -0.3 is 10.1 Å². The van der Waals surface area contributed by atoms with E-state index in [4.69, 9.17) is 4.74 Å². The minimum atomic E-state index is -0.447. The number of ether oxygens (including phenoxy) is 1. The first kappa shape index (κ1) is 19.4. The summed E-state index contributed by atoms with van der Waals surface area (Å²) in [5.74, 6) is 0.422. The summed E-state index contributed by atoms with van der Waals surface area (Å²) in [6.45, 7) is 5.61. The molecular weight excluding hydrogens is 382 g/mol. The Balaban J connectivity index is 1.60. The third-order valence-corrected chi connectivity index (χ3v) is 4.67. The van der Waals surface area contributed by atoms with Crippen molar-refractivity contribution >= 4 is 17.2 Å². The largest absolute Gasteiger partial charge is 0.436 e. The molecule has 0 unspecified atom stereocenters. The Morgan fingerprint density at radius 3 is 2.57 bits per heavy atom. The Morgan fingerprint density at radius 2 is 1.80 bits per heavy atom. The van der Waals surface area contributed by atoms with Gasteiger partial charge in [-0.2, -0.15) is 0 Å². The van der Waals surface area contributed by atoms with Crippen molar-refractivity contribution in [1.29, 1.82) is 0 Å². The number of benzene rings is 2. The number of hydrogen-bond acceptors (Lipinski definition) is 5. The van der Waals surface area contributed by atoms with E-state index in [9.17, 15) is 9.59 Å². The van der Waals surface area contributed by atoms with E-state index in [0.29, 0.717) is 11.4 Å². The molecule has 8 heteroatoms. The van der Waals surface area contributed by atoms with Crippen molar-refractivity contribution in [3.8, 4) is 11.6 Å². The van der Waals surface area contributed by atoms with Crippen LogP contribution in [0.2, 0.25) is 0 Å². The van der Waals surface area contributed by atoms with Crippen molar-refractivity contribution in [2.75, 3.05) is 5.32 Å². The number of carbonyl (C=O) groups is 1. The number of aryl methyl sites for hydroxylation is 3. The molecule has 152 valence electrons. The molecule has 4 rings (SSSR count). The maximum absolute atomic E-state index is 12.7. The molecule has 0 atom stereocenters. The number of rotatable bonds is 5. The second kappa shape index (κ2) is 7.82. The highest BCUT2D eigenvalue weighted by Crippen LogP contribution is 2.22. The fourth-order valence-electron chi connectivity index (χ4n) is 3.02. The van der Waals surface area contributed by atoms with E-state index in [1.807, 2.05) is 63.2 Å². The number of carbonyl (C=O) groups excluding carboxylic acids is 1. The molecule has 30 heavy (non-hydrogen) atoms. The summed E-state index contributed by atoms with van der Waals surface area (Å²) in [7, 11) is 0. The average molecular weight is 403 g/mol. The van der Waals surface area contributed by atoms with Crippen LogP contribution in [0, 0.1) is 20.8 Å². The summed E-state index contributed by atoms with van der Waals surface area (Å²) in [5.41, 5.74) is 3.57. The van der Waals surface area contributed by atoms with Crippen LogP contribution in [-0.2, 0) is 11.3 Å². The van der Waals surface area contributed by atoms with Crippen molar-refractivity contribution < 1.29 is 9.53 Å². The van der Waals surface area contributed by atoms with Crippen LogP contribution >= 0.6 is 0 Å². The van der Waals surface area contributed by atoms with Gasteiger partial charge in [0.05, 0.1) is 0 Å². The molecule has 8 nitrogen and oxygen atoms in total. The Labute approximate surface area is 172 Å². The molecule has 2 heterocycles. The van der Waals surface area contributed by atoms with Gasteiger partial charge in [-0.1, -0.05) is 29.8 Å². The Bertz CT molecular complexity index is 1290. The molecular formula is C22H21N5O3. The van der Waals surface area contributed by atoms with Crippen molar-refractivity contribution in [3.63, 3.8) is 0 Å². The minimum Gasteiger partial charge on any atom is -0.436 e. The van der Waals surface area contributed by atoms with Crippen LogP contribution in [-0.4, -0.2) is 25.1 Å². The van der Waals surface area contributed by atoms with E-state index >= 15 is 0 Å². The molecule has 2 aromatic carbocycles. The zero-order chi connectivity index (χ0) is 21.3. The first-order valence-corrected chi connectivity index (χ1v) is 9.46. The first-order valence-electron chi connectivity index (χ1n) is 9.46. The number of fused-ring (bicyclic) bond motifs is 1. The lowest BCUT2D eigenvalue weighted by atomic mass is 10.1. The summed E-state index contributed by atoms with van der Waals surface area (Å²) in [5, 5.41) is 7.10. The van der Waals surface area contributed by atoms with Crippen molar-refractivity contribution in [3.05, 3.63) is 82.0 Å².